The van der Waals surface area contributed by atoms with E-state index in [2.05, 4.69) is 10.6 Å². The number of benzene rings is 2. The highest BCUT2D eigenvalue weighted by atomic mass is 19.1. The van der Waals surface area contributed by atoms with Crippen LogP contribution >= 0.6 is 0 Å². The van der Waals surface area contributed by atoms with Gasteiger partial charge in [-0.05, 0) is 30.9 Å². The number of anilines is 1. The molecule has 1 aliphatic heterocycles. The Labute approximate surface area is 168 Å². The van der Waals surface area contributed by atoms with Crippen molar-refractivity contribution in [1.29, 1.82) is 0 Å². The summed E-state index contributed by atoms with van der Waals surface area (Å²) in [4.78, 5) is 25.0. The van der Waals surface area contributed by atoms with Gasteiger partial charge in [-0.1, -0.05) is 37.3 Å². The highest BCUT2D eigenvalue weighted by molar-refractivity contribution is 5.98. The van der Waals surface area contributed by atoms with Gasteiger partial charge in [-0.25, -0.2) is 8.78 Å². The fraction of sp³-hybridized carbons (Fsp3) is 0.364. The smallest absolute Gasteiger partial charge is 0.254 e. The van der Waals surface area contributed by atoms with E-state index in [9.17, 15) is 18.4 Å². The lowest BCUT2D eigenvalue weighted by molar-refractivity contribution is -0.122. The van der Waals surface area contributed by atoms with Crippen molar-refractivity contribution in [2.24, 2.45) is 5.92 Å². The highest BCUT2D eigenvalue weighted by Gasteiger charge is 2.24. The molecule has 0 aliphatic carbocycles. The molecule has 0 aromatic heterocycles. The lowest BCUT2D eigenvalue weighted by Crippen LogP contribution is -2.30. The standard InChI is InChI=1S/C22H24F2N2O3/c1-2-19(14-6-4-3-5-7-14)25-22(28)16-12-20(18(24)13-17(16)23)26-21(27)15-8-10-29-11-9-15/h3-7,12-13,15,19H,2,8-11H2,1H3,(H,25,28)(H,26,27)/t19-/m0/s1. The van der Waals surface area contributed by atoms with Crippen LogP contribution in [0.2, 0.25) is 0 Å². The molecule has 1 atom stereocenters. The van der Waals surface area contributed by atoms with E-state index in [0.29, 0.717) is 38.5 Å². The largest absolute Gasteiger partial charge is 0.381 e. The molecule has 0 spiro atoms. The van der Waals surface area contributed by atoms with Crippen LogP contribution in [0.15, 0.2) is 42.5 Å². The van der Waals surface area contributed by atoms with Crippen LogP contribution in [-0.2, 0) is 9.53 Å². The van der Waals surface area contributed by atoms with E-state index >= 15 is 0 Å². The summed E-state index contributed by atoms with van der Waals surface area (Å²) >= 11 is 0. The van der Waals surface area contributed by atoms with E-state index in [1.807, 2.05) is 37.3 Å². The van der Waals surface area contributed by atoms with Crippen LogP contribution in [0.25, 0.3) is 0 Å². The van der Waals surface area contributed by atoms with Crippen molar-refractivity contribution < 1.29 is 23.1 Å². The van der Waals surface area contributed by atoms with Crippen molar-refractivity contribution >= 4 is 17.5 Å². The first-order valence-corrected chi connectivity index (χ1v) is 9.73. The van der Waals surface area contributed by atoms with Crippen LogP contribution in [0.3, 0.4) is 0 Å². The Morgan fingerprint density at radius 2 is 1.79 bits per heavy atom. The van der Waals surface area contributed by atoms with E-state index in [0.717, 1.165) is 11.6 Å². The van der Waals surface area contributed by atoms with Crippen molar-refractivity contribution in [2.75, 3.05) is 18.5 Å². The normalized spacial score (nSPS) is 15.6. The average Bonchev–Trinajstić information content (AvgIpc) is 2.74. The molecule has 29 heavy (non-hydrogen) atoms. The minimum absolute atomic E-state index is 0.208. The van der Waals surface area contributed by atoms with Crippen LogP contribution in [0.4, 0.5) is 14.5 Å². The van der Waals surface area contributed by atoms with Crippen LogP contribution < -0.4 is 10.6 Å². The summed E-state index contributed by atoms with van der Waals surface area (Å²) in [6.45, 7) is 2.84. The zero-order valence-corrected chi connectivity index (χ0v) is 16.2. The first-order valence-electron chi connectivity index (χ1n) is 9.73. The molecule has 2 aromatic rings. The molecule has 2 aromatic carbocycles. The summed E-state index contributed by atoms with van der Waals surface area (Å²) in [5.74, 6) is -3.23. The van der Waals surface area contributed by atoms with Gasteiger partial charge >= 0.3 is 0 Å². The molecule has 3 rings (SSSR count). The Bertz CT molecular complexity index is 868. The predicted molar refractivity (Wildman–Crippen MR) is 105 cm³/mol. The van der Waals surface area contributed by atoms with Gasteiger partial charge in [0, 0.05) is 25.2 Å². The highest BCUT2D eigenvalue weighted by Crippen LogP contribution is 2.24. The number of carbonyl (C=O) groups excluding carboxylic acids is 2. The van der Waals surface area contributed by atoms with Crippen LogP contribution in [-0.4, -0.2) is 25.0 Å². The first kappa shape index (κ1) is 20.9. The van der Waals surface area contributed by atoms with Gasteiger partial charge in [0.1, 0.15) is 11.6 Å². The van der Waals surface area contributed by atoms with Crippen LogP contribution in [0, 0.1) is 17.6 Å². The number of carbonyl (C=O) groups is 2. The molecule has 154 valence electrons. The zero-order valence-electron chi connectivity index (χ0n) is 16.2. The minimum Gasteiger partial charge on any atom is -0.381 e. The molecule has 2 N–H and O–H groups in total. The number of halogens is 2. The fourth-order valence-corrected chi connectivity index (χ4v) is 3.36. The van der Waals surface area contributed by atoms with Gasteiger partial charge in [-0.2, -0.15) is 0 Å². The maximum Gasteiger partial charge on any atom is 0.254 e. The van der Waals surface area contributed by atoms with E-state index in [1.165, 1.54) is 0 Å². The van der Waals surface area contributed by atoms with Gasteiger partial charge in [-0.3, -0.25) is 9.59 Å². The van der Waals surface area contributed by atoms with Gasteiger partial charge in [0.15, 0.2) is 0 Å². The lowest BCUT2D eigenvalue weighted by Gasteiger charge is -2.21. The molecule has 1 heterocycles. The van der Waals surface area contributed by atoms with Crippen molar-refractivity contribution in [3.05, 3.63) is 65.2 Å². The summed E-state index contributed by atoms with van der Waals surface area (Å²) < 4.78 is 33.7. The number of ether oxygens (including phenoxy) is 1. The Morgan fingerprint density at radius 3 is 2.45 bits per heavy atom. The molecular weight excluding hydrogens is 378 g/mol. The number of amides is 2. The van der Waals surface area contributed by atoms with Gasteiger partial charge in [0.05, 0.1) is 17.3 Å². The van der Waals surface area contributed by atoms with E-state index in [4.69, 9.17) is 4.74 Å². The molecule has 5 nitrogen and oxygen atoms in total. The van der Waals surface area contributed by atoms with E-state index < -0.39 is 17.5 Å². The molecule has 1 aliphatic rings. The minimum atomic E-state index is -0.980. The third-order valence-corrected chi connectivity index (χ3v) is 5.07. The van der Waals surface area contributed by atoms with Crippen LogP contribution in [0.5, 0.6) is 0 Å². The average molecular weight is 402 g/mol. The molecule has 0 radical (unpaired) electrons. The fourth-order valence-electron chi connectivity index (χ4n) is 3.36. The monoisotopic (exact) mass is 402 g/mol. The summed E-state index contributed by atoms with van der Waals surface area (Å²) in [5.41, 5.74) is 0.364. The van der Waals surface area contributed by atoms with Gasteiger partial charge in [0.2, 0.25) is 5.91 Å². The summed E-state index contributed by atoms with van der Waals surface area (Å²) in [6, 6.07) is 10.7. The van der Waals surface area contributed by atoms with Crippen LogP contribution in [0.1, 0.15) is 48.1 Å². The Hall–Kier alpha value is -2.80. The maximum absolute atomic E-state index is 14.3. The number of hydrogen-bond acceptors (Lipinski definition) is 3. The van der Waals surface area contributed by atoms with Crippen molar-refractivity contribution in [2.45, 2.75) is 32.2 Å². The topological polar surface area (TPSA) is 67.4 Å². The second-order valence-corrected chi connectivity index (χ2v) is 7.03. The SMILES string of the molecule is CC[C@H](NC(=O)c1cc(NC(=O)C2CCOCC2)c(F)cc1F)c1ccccc1. The van der Waals surface area contributed by atoms with Crippen molar-refractivity contribution in [3.63, 3.8) is 0 Å². The quantitative estimate of drug-likeness (QED) is 0.761. The summed E-state index contributed by atoms with van der Waals surface area (Å²) in [6.07, 6.45) is 1.68. The maximum atomic E-state index is 14.3. The number of nitrogens with one attached hydrogen (secondary N) is 2. The van der Waals surface area contributed by atoms with E-state index in [-0.39, 0.29) is 29.1 Å². The molecule has 1 fully saturated rings. The van der Waals surface area contributed by atoms with Gasteiger partial charge in [-0.15, -0.1) is 0 Å². The second-order valence-electron chi connectivity index (χ2n) is 7.03. The molecule has 0 bridgehead atoms. The van der Waals surface area contributed by atoms with Gasteiger partial charge < -0.3 is 15.4 Å². The zero-order chi connectivity index (χ0) is 20.8. The third-order valence-electron chi connectivity index (χ3n) is 5.07. The van der Waals surface area contributed by atoms with Gasteiger partial charge in [0.25, 0.3) is 5.91 Å². The Balaban J connectivity index is 1.77. The molecular formula is C22H24F2N2O3. The molecule has 7 heteroatoms. The Morgan fingerprint density at radius 1 is 1.10 bits per heavy atom. The van der Waals surface area contributed by atoms with Crippen molar-refractivity contribution in [1.82, 2.24) is 5.32 Å². The molecule has 2 amide bonds. The molecule has 0 unspecified atom stereocenters. The molecule has 1 saturated heterocycles. The predicted octanol–water partition coefficient (Wildman–Crippen LogP) is 4.21. The number of hydrogen-bond donors (Lipinski definition) is 2. The summed E-state index contributed by atoms with van der Waals surface area (Å²) in [7, 11) is 0. The molecule has 0 saturated carbocycles. The van der Waals surface area contributed by atoms with Crippen molar-refractivity contribution in [3.8, 4) is 0 Å². The lowest BCUT2D eigenvalue weighted by atomic mass is 9.99. The first-order chi connectivity index (χ1) is 14.0. The third kappa shape index (κ3) is 5.17. The Kier molecular flexibility index (Phi) is 6.93. The van der Waals surface area contributed by atoms with E-state index in [1.54, 1.807) is 0 Å². The number of rotatable bonds is 6. The second kappa shape index (κ2) is 9.60. The summed E-state index contributed by atoms with van der Waals surface area (Å²) in [5, 5.41) is 5.26.